The van der Waals surface area contributed by atoms with E-state index in [1.165, 1.54) is 23.5 Å². The molecule has 0 saturated carbocycles. The van der Waals surface area contributed by atoms with Gasteiger partial charge in [0.15, 0.2) is 5.83 Å². The summed E-state index contributed by atoms with van der Waals surface area (Å²) in [5.74, 6) is 0.255. The summed E-state index contributed by atoms with van der Waals surface area (Å²) in [6.07, 6.45) is -1.97. The Balaban J connectivity index is 2.60. The molecular weight excluding hydrogens is 193 g/mol. The number of rotatable bonds is 1. The van der Waals surface area contributed by atoms with Gasteiger partial charge < -0.3 is 0 Å². The number of allylic oxidation sites excluding steroid dienone is 1. The zero-order chi connectivity index (χ0) is 8.27. The third-order valence-electron chi connectivity index (χ3n) is 1.14. The first kappa shape index (κ1) is 9.32. The molecule has 0 aromatic heterocycles. The monoisotopic (exact) mass is 200 g/mol. The molecule has 0 aromatic rings. The van der Waals surface area contributed by atoms with Gasteiger partial charge >= 0.3 is 0 Å². The van der Waals surface area contributed by atoms with Crippen LogP contribution in [0, 0.1) is 0 Å². The molecule has 0 spiro atoms. The summed E-state index contributed by atoms with van der Waals surface area (Å²) in [4.78, 5) is 0. The average Bonchev–Trinajstić information content (AvgIpc) is 2.05. The predicted molar refractivity (Wildman–Crippen MR) is 43.7 cm³/mol. The highest BCUT2D eigenvalue weighted by atomic mass is 32.2. The fourth-order valence-electron chi connectivity index (χ4n) is 0.657. The Labute approximate surface area is 71.6 Å². The zero-order valence-corrected chi connectivity index (χ0v) is 7.28. The minimum Gasteiger partial charge on any atom is -0.204 e. The second kappa shape index (κ2) is 4.30. The topological polar surface area (TPSA) is 0 Å². The number of halogens is 3. The molecule has 0 amide bonds. The Morgan fingerprint density at radius 3 is 2.27 bits per heavy atom. The molecule has 5 heteroatoms. The standard InChI is InChI=1S/C6H7F3S2/c7-4(5(8)9)6-10-2-1-3-11-6/h5H,1-3H2. The molecule has 0 radical (unpaired) electrons. The lowest BCUT2D eigenvalue weighted by molar-refractivity contribution is 0.159. The largest absolute Gasteiger partial charge is 0.291 e. The molecule has 0 atom stereocenters. The van der Waals surface area contributed by atoms with Gasteiger partial charge in [0.25, 0.3) is 6.43 Å². The molecule has 11 heavy (non-hydrogen) atoms. The van der Waals surface area contributed by atoms with Gasteiger partial charge in [0.2, 0.25) is 0 Å². The smallest absolute Gasteiger partial charge is 0.204 e. The van der Waals surface area contributed by atoms with Crippen molar-refractivity contribution in [3.05, 3.63) is 10.1 Å². The second-order valence-corrected chi connectivity index (χ2v) is 4.46. The third-order valence-corrected chi connectivity index (χ3v) is 3.75. The molecule has 0 unspecified atom stereocenters. The van der Waals surface area contributed by atoms with E-state index in [1.54, 1.807) is 0 Å². The lowest BCUT2D eigenvalue weighted by atomic mass is 10.6. The minimum absolute atomic E-state index is 0.172. The van der Waals surface area contributed by atoms with Crippen LogP contribution in [0.1, 0.15) is 6.42 Å². The Hall–Kier alpha value is 0.230. The molecule has 1 aliphatic heterocycles. The van der Waals surface area contributed by atoms with Gasteiger partial charge in [-0.1, -0.05) is 0 Å². The maximum absolute atomic E-state index is 12.5. The van der Waals surface area contributed by atoms with Crippen molar-refractivity contribution in [1.82, 2.24) is 0 Å². The highest BCUT2D eigenvalue weighted by molar-refractivity contribution is 8.22. The van der Waals surface area contributed by atoms with Gasteiger partial charge in [0, 0.05) is 0 Å². The Bertz CT molecular complexity index is 159. The van der Waals surface area contributed by atoms with Crippen LogP contribution in [0.3, 0.4) is 0 Å². The van der Waals surface area contributed by atoms with E-state index in [2.05, 4.69) is 0 Å². The van der Waals surface area contributed by atoms with E-state index in [0.29, 0.717) is 0 Å². The van der Waals surface area contributed by atoms with Gasteiger partial charge in [0.1, 0.15) is 0 Å². The van der Waals surface area contributed by atoms with Crippen molar-refractivity contribution >= 4 is 23.5 Å². The number of hydrogen-bond acceptors (Lipinski definition) is 2. The van der Waals surface area contributed by atoms with E-state index in [0.717, 1.165) is 17.9 Å². The Morgan fingerprint density at radius 1 is 1.27 bits per heavy atom. The van der Waals surface area contributed by atoms with Crippen molar-refractivity contribution in [3.63, 3.8) is 0 Å². The van der Waals surface area contributed by atoms with Crippen LogP contribution >= 0.6 is 23.5 Å². The Morgan fingerprint density at radius 2 is 1.82 bits per heavy atom. The van der Waals surface area contributed by atoms with Crippen LogP contribution in [0.5, 0.6) is 0 Å². The number of hydrogen-bond donors (Lipinski definition) is 0. The molecule has 1 aliphatic rings. The van der Waals surface area contributed by atoms with E-state index < -0.39 is 12.3 Å². The quantitative estimate of drug-likeness (QED) is 0.637. The molecule has 1 rings (SSSR count). The highest BCUT2D eigenvalue weighted by Gasteiger charge is 2.19. The number of thioether (sulfide) groups is 2. The van der Waals surface area contributed by atoms with Crippen LogP contribution in [0.25, 0.3) is 0 Å². The lowest BCUT2D eigenvalue weighted by Crippen LogP contribution is -1.98. The van der Waals surface area contributed by atoms with Gasteiger partial charge in [-0.15, -0.1) is 23.5 Å². The van der Waals surface area contributed by atoms with Crippen molar-refractivity contribution in [3.8, 4) is 0 Å². The van der Waals surface area contributed by atoms with E-state index in [4.69, 9.17) is 0 Å². The van der Waals surface area contributed by atoms with E-state index in [1.807, 2.05) is 0 Å². The van der Waals surface area contributed by atoms with Crippen LogP contribution in [0.4, 0.5) is 13.2 Å². The normalized spacial score (nSPS) is 19.1. The SMILES string of the molecule is FC(=C1SCCCS1)C(F)F. The summed E-state index contributed by atoms with van der Waals surface area (Å²) in [6.45, 7) is 0. The minimum atomic E-state index is -2.94. The van der Waals surface area contributed by atoms with E-state index >= 15 is 0 Å². The molecule has 0 nitrogen and oxygen atoms in total. The maximum atomic E-state index is 12.5. The van der Waals surface area contributed by atoms with Gasteiger partial charge in [-0.2, -0.15) is 0 Å². The first-order valence-corrected chi connectivity index (χ1v) is 5.12. The molecule has 0 bridgehead atoms. The summed E-state index contributed by atoms with van der Waals surface area (Å²) in [6, 6.07) is 0. The van der Waals surface area contributed by atoms with E-state index in [9.17, 15) is 13.2 Å². The van der Waals surface area contributed by atoms with Crippen LogP contribution in [0.2, 0.25) is 0 Å². The van der Waals surface area contributed by atoms with Crippen LogP contribution in [0.15, 0.2) is 10.1 Å². The van der Waals surface area contributed by atoms with Crippen molar-refractivity contribution in [1.29, 1.82) is 0 Å². The van der Waals surface area contributed by atoms with Crippen molar-refractivity contribution < 1.29 is 13.2 Å². The van der Waals surface area contributed by atoms with Gasteiger partial charge in [0.05, 0.1) is 4.24 Å². The first-order chi connectivity index (χ1) is 5.22. The zero-order valence-electron chi connectivity index (χ0n) is 5.65. The van der Waals surface area contributed by atoms with Gasteiger partial charge in [-0.3, -0.25) is 0 Å². The summed E-state index contributed by atoms with van der Waals surface area (Å²) < 4.78 is 36.2. The third kappa shape index (κ3) is 2.63. The molecule has 0 N–H and O–H groups in total. The molecule has 64 valence electrons. The molecule has 1 heterocycles. The summed E-state index contributed by atoms with van der Waals surface area (Å²) in [7, 11) is 0. The summed E-state index contributed by atoms with van der Waals surface area (Å²) in [5.41, 5.74) is 0. The lowest BCUT2D eigenvalue weighted by Gasteiger charge is -2.12. The van der Waals surface area contributed by atoms with Crippen LogP contribution < -0.4 is 0 Å². The van der Waals surface area contributed by atoms with Crippen molar-refractivity contribution in [2.75, 3.05) is 11.5 Å². The predicted octanol–water partition coefficient (Wildman–Crippen LogP) is 3.26. The van der Waals surface area contributed by atoms with Gasteiger partial charge in [-0.05, 0) is 17.9 Å². The van der Waals surface area contributed by atoms with Crippen LogP contribution in [-0.4, -0.2) is 17.9 Å². The fraction of sp³-hybridized carbons (Fsp3) is 0.667. The van der Waals surface area contributed by atoms with Crippen LogP contribution in [-0.2, 0) is 0 Å². The molecular formula is C6H7F3S2. The van der Waals surface area contributed by atoms with E-state index in [-0.39, 0.29) is 4.24 Å². The molecule has 1 fully saturated rings. The summed E-state index contributed by atoms with van der Waals surface area (Å²) >= 11 is 2.37. The van der Waals surface area contributed by atoms with Gasteiger partial charge in [-0.25, -0.2) is 13.2 Å². The first-order valence-electron chi connectivity index (χ1n) is 3.15. The molecule has 1 saturated heterocycles. The average molecular weight is 200 g/mol. The summed E-state index contributed by atoms with van der Waals surface area (Å²) in [5, 5.41) is 0. The maximum Gasteiger partial charge on any atom is 0.291 e. The number of alkyl halides is 2. The molecule has 0 aromatic carbocycles. The fourth-order valence-corrected chi connectivity index (χ4v) is 3.08. The van der Waals surface area contributed by atoms with Crippen molar-refractivity contribution in [2.45, 2.75) is 12.8 Å². The van der Waals surface area contributed by atoms with Crippen molar-refractivity contribution in [2.24, 2.45) is 0 Å². The second-order valence-electron chi connectivity index (χ2n) is 1.99. The molecule has 0 aliphatic carbocycles. The Kier molecular flexibility index (Phi) is 3.65. The highest BCUT2D eigenvalue weighted by Crippen LogP contribution is 2.38.